The highest BCUT2D eigenvalue weighted by Crippen LogP contribution is 2.45. The number of fused-ring (bicyclic) bond motifs is 3. The highest BCUT2D eigenvalue weighted by molar-refractivity contribution is 9.10. The van der Waals surface area contributed by atoms with E-state index in [2.05, 4.69) is 20.8 Å². The Hall–Kier alpha value is -1.45. The van der Waals surface area contributed by atoms with Gasteiger partial charge in [-0.05, 0) is 22.0 Å². The van der Waals surface area contributed by atoms with Crippen LogP contribution in [0.25, 0.3) is 16.2 Å². The van der Waals surface area contributed by atoms with Crippen LogP contribution in [0.1, 0.15) is 10.4 Å². The number of carbonyl (C=O) groups is 1. The summed E-state index contributed by atoms with van der Waals surface area (Å²) in [7, 11) is 1.28. The number of methoxy groups -OCH3 is 1. The Kier molecular flexibility index (Phi) is 5.02. The first-order valence-electron chi connectivity index (χ1n) is 8.27. The fourth-order valence-electron chi connectivity index (χ4n) is 3.16. The third-order valence-electron chi connectivity index (χ3n) is 4.55. The molecule has 2 aliphatic rings. The second-order valence-corrected chi connectivity index (χ2v) is 8.05. The molecule has 1 fully saturated rings. The summed E-state index contributed by atoms with van der Waals surface area (Å²) < 4.78 is 17.8. The molecule has 1 N–H and O–H groups in total. The number of esters is 1. The van der Waals surface area contributed by atoms with Crippen molar-refractivity contribution in [1.29, 1.82) is 0 Å². The van der Waals surface area contributed by atoms with Crippen LogP contribution >= 0.6 is 27.3 Å². The molecular weight excluding hydrogens is 422 g/mol. The third-order valence-corrected chi connectivity index (χ3v) is 6.90. The average molecular weight is 440 g/mol. The Balaban J connectivity index is 1.73. The summed E-state index contributed by atoms with van der Waals surface area (Å²) >= 11 is 5.35. The zero-order chi connectivity index (χ0) is 18.3. The maximum absolute atomic E-state index is 11.8. The zero-order valence-corrected chi connectivity index (χ0v) is 16.6. The number of carbonyl (C=O) groups excluding carboxylic acids is 1. The second kappa shape index (κ2) is 7.28. The Labute approximate surface area is 163 Å². The molecule has 2 aliphatic heterocycles. The summed E-state index contributed by atoms with van der Waals surface area (Å²) in [6, 6.07) is 3.90. The van der Waals surface area contributed by atoms with Gasteiger partial charge in [0.05, 0.1) is 25.0 Å². The molecular formula is C18H18BrNO5S. The first-order valence-corrected chi connectivity index (χ1v) is 9.88. The minimum absolute atomic E-state index is 0.100. The number of aliphatic hydroxyl groups excluding tert-OH is 1. The van der Waals surface area contributed by atoms with Gasteiger partial charge in [-0.3, -0.25) is 4.90 Å². The van der Waals surface area contributed by atoms with E-state index < -0.39 is 12.3 Å². The molecule has 0 bridgehead atoms. The number of hydrogen-bond acceptors (Lipinski definition) is 7. The van der Waals surface area contributed by atoms with Crippen LogP contribution in [0.3, 0.4) is 0 Å². The molecule has 1 atom stereocenters. The number of benzene rings is 1. The van der Waals surface area contributed by atoms with Crippen LogP contribution in [0.5, 0.6) is 5.75 Å². The van der Waals surface area contributed by atoms with E-state index in [0.717, 1.165) is 53.0 Å². The predicted molar refractivity (Wildman–Crippen MR) is 102 cm³/mol. The van der Waals surface area contributed by atoms with E-state index in [1.807, 2.05) is 12.1 Å². The summed E-state index contributed by atoms with van der Waals surface area (Å²) in [5.74, 6) is 0.00481. The van der Waals surface area contributed by atoms with Crippen molar-refractivity contribution >= 4 is 49.4 Å². The Morgan fingerprint density at radius 3 is 2.92 bits per heavy atom. The lowest BCUT2D eigenvalue weighted by molar-refractivity contribution is -0.139. The Morgan fingerprint density at radius 1 is 1.42 bits per heavy atom. The van der Waals surface area contributed by atoms with Crippen LogP contribution in [0.4, 0.5) is 0 Å². The van der Waals surface area contributed by atoms with E-state index in [4.69, 9.17) is 14.2 Å². The van der Waals surface area contributed by atoms with E-state index in [1.165, 1.54) is 12.0 Å². The first kappa shape index (κ1) is 17.9. The number of aliphatic hydroxyl groups is 1. The van der Waals surface area contributed by atoms with E-state index in [9.17, 15) is 9.90 Å². The Bertz CT molecular complexity index is 887. The van der Waals surface area contributed by atoms with Crippen molar-refractivity contribution in [2.75, 3.05) is 33.4 Å². The number of ether oxygens (including phenoxy) is 3. The van der Waals surface area contributed by atoms with Gasteiger partial charge in [0.15, 0.2) is 0 Å². The van der Waals surface area contributed by atoms with Gasteiger partial charge in [0.1, 0.15) is 11.3 Å². The second-order valence-electron chi connectivity index (χ2n) is 6.15. The molecule has 1 unspecified atom stereocenters. The van der Waals surface area contributed by atoms with Crippen molar-refractivity contribution in [3.05, 3.63) is 32.6 Å². The van der Waals surface area contributed by atoms with Gasteiger partial charge in [0.2, 0.25) is 6.29 Å². The zero-order valence-electron chi connectivity index (χ0n) is 14.2. The van der Waals surface area contributed by atoms with Gasteiger partial charge in [-0.2, -0.15) is 0 Å². The summed E-state index contributed by atoms with van der Waals surface area (Å²) in [5.41, 5.74) is 0.860. The third kappa shape index (κ3) is 3.16. The molecule has 138 valence electrons. The van der Waals surface area contributed by atoms with E-state index in [1.54, 1.807) is 17.4 Å². The summed E-state index contributed by atoms with van der Waals surface area (Å²) in [6.45, 7) is 4.19. The largest absolute Gasteiger partial charge is 0.465 e. The van der Waals surface area contributed by atoms with Gasteiger partial charge in [0.25, 0.3) is 0 Å². The predicted octanol–water partition coefficient (Wildman–Crippen LogP) is 2.76. The van der Waals surface area contributed by atoms with Crippen molar-refractivity contribution in [2.24, 2.45) is 0 Å². The van der Waals surface area contributed by atoms with Crippen LogP contribution in [0.2, 0.25) is 0 Å². The maximum Gasteiger partial charge on any atom is 0.340 e. The van der Waals surface area contributed by atoms with Gasteiger partial charge in [-0.15, -0.1) is 11.3 Å². The molecule has 3 heterocycles. The number of halogens is 1. The standard InChI is InChI=1S/C18H18BrNO5S/c1-23-17(21)12-8-10-2-3-11-14(19)13(9-20-4-6-24-7-5-20)26-16(11)15(10)25-18(12)22/h2-3,8,18,22H,4-7,9H2,1H3. The molecule has 1 aromatic heterocycles. The van der Waals surface area contributed by atoms with Crippen LogP contribution in [0.15, 0.2) is 22.2 Å². The van der Waals surface area contributed by atoms with Crippen LogP contribution in [-0.4, -0.2) is 55.7 Å². The van der Waals surface area contributed by atoms with Crippen molar-refractivity contribution in [1.82, 2.24) is 4.90 Å². The highest BCUT2D eigenvalue weighted by Gasteiger charge is 2.29. The van der Waals surface area contributed by atoms with Gasteiger partial charge < -0.3 is 19.3 Å². The van der Waals surface area contributed by atoms with E-state index >= 15 is 0 Å². The van der Waals surface area contributed by atoms with Crippen LogP contribution in [-0.2, 0) is 20.8 Å². The number of thiophene rings is 1. The molecule has 8 heteroatoms. The fourth-order valence-corrected chi connectivity index (χ4v) is 5.22. The van der Waals surface area contributed by atoms with Gasteiger partial charge in [-0.25, -0.2) is 4.79 Å². The number of nitrogens with zero attached hydrogens (tertiary/aromatic N) is 1. The van der Waals surface area contributed by atoms with Crippen molar-refractivity contribution < 1.29 is 24.1 Å². The molecule has 0 spiro atoms. The van der Waals surface area contributed by atoms with Crippen molar-refractivity contribution in [2.45, 2.75) is 12.8 Å². The summed E-state index contributed by atoms with van der Waals surface area (Å²) in [4.78, 5) is 15.3. The van der Waals surface area contributed by atoms with E-state index in [-0.39, 0.29) is 5.57 Å². The maximum atomic E-state index is 11.8. The van der Waals surface area contributed by atoms with Crippen LogP contribution in [0, 0.1) is 0 Å². The SMILES string of the molecule is COC(=O)C1=Cc2ccc3c(Br)c(CN4CCOCC4)sc3c2OC1O. The fraction of sp³-hybridized carbons (Fsp3) is 0.389. The van der Waals surface area contributed by atoms with Gasteiger partial charge in [0, 0.05) is 39.9 Å². The molecule has 0 radical (unpaired) electrons. The molecule has 1 aromatic carbocycles. The molecule has 2 aromatic rings. The van der Waals surface area contributed by atoms with Crippen molar-refractivity contribution in [3.8, 4) is 5.75 Å². The van der Waals surface area contributed by atoms with E-state index in [0.29, 0.717) is 5.75 Å². The van der Waals surface area contributed by atoms with Gasteiger partial charge >= 0.3 is 5.97 Å². The normalized spacial score (nSPS) is 20.4. The smallest absolute Gasteiger partial charge is 0.340 e. The lowest BCUT2D eigenvalue weighted by atomic mass is 10.0. The average Bonchev–Trinajstić information content (AvgIpc) is 2.98. The van der Waals surface area contributed by atoms with Crippen LogP contribution < -0.4 is 4.74 Å². The highest BCUT2D eigenvalue weighted by atomic mass is 79.9. The first-order chi connectivity index (χ1) is 12.6. The van der Waals surface area contributed by atoms with Gasteiger partial charge in [-0.1, -0.05) is 12.1 Å². The molecule has 0 amide bonds. The lowest BCUT2D eigenvalue weighted by Crippen LogP contribution is -2.35. The molecule has 4 rings (SSSR count). The molecule has 26 heavy (non-hydrogen) atoms. The minimum Gasteiger partial charge on any atom is -0.465 e. The van der Waals surface area contributed by atoms with Crippen molar-refractivity contribution in [3.63, 3.8) is 0 Å². The lowest BCUT2D eigenvalue weighted by Gasteiger charge is -2.26. The monoisotopic (exact) mass is 439 g/mol. The Morgan fingerprint density at radius 2 is 2.19 bits per heavy atom. The molecule has 1 saturated heterocycles. The topological polar surface area (TPSA) is 68.2 Å². The quantitative estimate of drug-likeness (QED) is 0.741. The molecule has 0 aliphatic carbocycles. The summed E-state index contributed by atoms with van der Waals surface area (Å²) in [5, 5.41) is 11.2. The summed E-state index contributed by atoms with van der Waals surface area (Å²) in [6.07, 6.45) is 0.299. The minimum atomic E-state index is -1.33. The number of rotatable bonds is 3. The molecule has 6 nitrogen and oxygen atoms in total. The number of morpholine rings is 1. The molecule has 0 saturated carbocycles. The number of hydrogen-bond donors (Lipinski definition) is 1.